The lowest BCUT2D eigenvalue weighted by atomic mass is 9.78. The highest BCUT2D eigenvalue weighted by Crippen LogP contribution is 2.41. The summed E-state index contributed by atoms with van der Waals surface area (Å²) in [5, 5.41) is 10.5. The monoisotopic (exact) mass is 215 g/mol. The van der Waals surface area contributed by atoms with Crippen LogP contribution in [0.5, 0.6) is 0 Å². The molecule has 2 aliphatic rings. The van der Waals surface area contributed by atoms with Crippen LogP contribution in [0.2, 0.25) is 0 Å². The number of rotatable bonds is 2. The van der Waals surface area contributed by atoms with Gasteiger partial charge in [-0.25, -0.2) is 0 Å². The van der Waals surface area contributed by atoms with Gasteiger partial charge >= 0.3 is 0 Å². The van der Waals surface area contributed by atoms with Crippen molar-refractivity contribution in [3.8, 4) is 0 Å². The van der Waals surface area contributed by atoms with Gasteiger partial charge < -0.3 is 9.47 Å². The summed E-state index contributed by atoms with van der Waals surface area (Å²) in [5.41, 5.74) is 0. The fourth-order valence-corrected chi connectivity index (χ4v) is 2.87. The Kier molecular flexibility index (Phi) is 2.93. The normalized spacial score (nSPS) is 34.5. The number of nitrogens with zero attached hydrogens (tertiary/aromatic N) is 1. The average Bonchev–Trinajstić information content (AvgIpc) is 2.49. The summed E-state index contributed by atoms with van der Waals surface area (Å²) in [7, 11) is 0. The van der Waals surface area contributed by atoms with Gasteiger partial charge in [0.25, 0.3) is 0 Å². The van der Waals surface area contributed by atoms with Crippen LogP contribution in [0.3, 0.4) is 0 Å². The van der Waals surface area contributed by atoms with Crippen molar-refractivity contribution in [1.82, 2.24) is 0 Å². The van der Waals surface area contributed by atoms with Crippen LogP contribution in [0.25, 0.3) is 0 Å². The Morgan fingerprint density at radius 3 is 2.67 bits per heavy atom. The van der Waals surface area contributed by atoms with Gasteiger partial charge in [0.2, 0.25) is 6.54 Å². The molecular formula is C10H17NO4. The SMILES string of the molecule is C[C@@H]1C[C@@H](C[N+](=O)[O-])CC2(C1)OCCO2. The summed E-state index contributed by atoms with van der Waals surface area (Å²) in [6.45, 7) is 3.40. The molecule has 86 valence electrons. The topological polar surface area (TPSA) is 61.6 Å². The predicted octanol–water partition coefficient (Wildman–Crippen LogP) is 1.44. The Hall–Kier alpha value is -0.680. The highest BCUT2D eigenvalue weighted by Gasteiger charge is 2.45. The first-order valence-corrected chi connectivity index (χ1v) is 5.49. The predicted molar refractivity (Wildman–Crippen MR) is 53.0 cm³/mol. The zero-order valence-electron chi connectivity index (χ0n) is 8.98. The van der Waals surface area contributed by atoms with Crippen LogP contribution in [0.4, 0.5) is 0 Å². The molecule has 1 saturated carbocycles. The number of hydrogen-bond donors (Lipinski definition) is 0. The standard InChI is InChI=1S/C10H17NO4/c1-8-4-9(7-11(12)13)6-10(5-8)14-2-3-15-10/h8-9H,2-7H2,1H3/t8-,9-/m1/s1. The number of ether oxygens (including phenoxy) is 2. The molecule has 2 rings (SSSR count). The smallest absolute Gasteiger partial charge is 0.206 e. The van der Waals surface area contributed by atoms with Crippen LogP contribution in [-0.2, 0) is 9.47 Å². The van der Waals surface area contributed by atoms with Crippen molar-refractivity contribution < 1.29 is 14.4 Å². The van der Waals surface area contributed by atoms with Gasteiger partial charge in [0.05, 0.1) is 13.2 Å². The Morgan fingerprint density at radius 2 is 2.07 bits per heavy atom. The molecule has 1 aliphatic heterocycles. The third-order valence-corrected chi connectivity index (χ3v) is 3.22. The van der Waals surface area contributed by atoms with Gasteiger partial charge in [-0.05, 0) is 12.3 Å². The quantitative estimate of drug-likeness (QED) is 0.516. The molecule has 5 nitrogen and oxygen atoms in total. The van der Waals surface area contributed by atoms with Crippen molar-refractivity contribution in [2.75, 3.05) is 19.8 Å². The first kappa shape index (κ1) is 10.8. The minimum Gasteiger partial charge on any atom is -0.348 e. The molecule has 0 N–H and O–H groups in total. The highest BCUT2D eigenvalue weighted by atomic mass is 16.7. The second-order valence-corrected chi connectivity index (χ2v) is 4.74. The van der Waals surface area contributed by atoms with Crippen LogP contribution in [0, 0.1) is 22.0 Å². The minimum absolute atomic E-state index is 0.0405. The molecule has 0 bridgehead atoms. The maximum atomic E-state index is 10.5. The lowest BCUT2D eigenvalue weighted by Crippen LogP contribution is -2.41. The van der Waals surface area contributed by atoms with Crippen LogP contribution in [0.1, 0.15) is 26.2 Å². The van der Waals surface area contributed by atoms with Crippen LogP contribution < -0.4 is 0 Å². The largest absolute Gasteiger partial charge is 0.348 e. The fourth-order valence-electron chi connectivity index (χ4n) is 2.87. The molecule has 1 heterocycles. The molecule has 0 radical (unpaired) electrons. The summed E-state index contributed by atoms with van der Waals surface area (Å²) >= 11 is 0. The molecule has 2 fully saturated rings. The van der Waals surface area contributed by atoms with E-state index >= 15 is 0 Å². The van der Waals surface area contributed by atoms with Gasteiger partial charge in [-0.15, -0.1) is 0 Å². The van der Waals surface area contributed by atoms with Gasteiger partial charge in [-0.3, -0.25) is 10.1 Å². The van der Waals surface area contributed by atoms with Crippen molar-refractivity contribution >= 4 is 0 Å². The molecule has 2 atom stereocenters. The van der Waals surface area contributed by atoms with E-state index in [1.54, 1.807) is 0 Å². The Labute approximate surface area is 88.9 Å². The first-order chi connectivity index (χ1) is 7.10. The lowest BCUT2D eigenvalue weighted by molar-refractivity contribution is -0.491. The first-order valence-electron chi connectivity index (χ1n) is 5.49. The third-order valence-electron chi connectivity index (χ3n) is 3.22. The van der Waals surface area contributed by atoms with E-state index < -0.39 is 5.79 Å². The second-order valence-electron chi connectivity index (χ2n) is 4.74. The maximum Gasteiger partial charge on any atom is 0.206 e. The summed E-state index contributed by atoms with van der Waals surface area (Å²) in [5.74, 6) is 0.0434. The van der Waals surface area contributed by atoms with Crippen molar-refractivity contribution in [3.05, 3.63) is 10.1 Å². The van der Waals surface area contributed by atoms with Crippen LogP contribution in [0.15, 0.2) is 0 Å². The summed E-state index contributed by atoms with van der Waals surface area (Å²) in [4.78, 5) is 10.3. The van der Waals surface area contributed by atoms with Crippen molar-refractivity contribution in [1.29, 1.82) is 0 Å². The molecule has 0 aromatic carbocycles. The van der Waals surface area contributed by atoms with Crippen molar-refractivity contribution in [3.63, 3.8) is 0 Å². The summed E-state index contributed by atoms with van der Waals surface area (Å²) in [6.07, 6.45) is 2.47. The zero-order chi connectivity index (χ0) is 10.9. The molecule has 0 amide bonds. The number of nitro groups is 1. The maximum absolute atomic E-state index is 10.5. The van der Waals surface area contributed by atoms with Crippen molar-refractivity contribution in [2.45, 2.75) is 32.0 Å². The van der Waals surface area contributed by atoms with E-state index in [0.29, 0.717) is 25.6 Å². The molecule has 0 aromatic heterocycles. The molecule has 1 saturated heterocycles. The lowest BCUT2D eigenvalue weighted by Gasteiger charge is -2.38. The molecule has 15 heavy (non-hydrogen) atoms. The molecule has 1 aliphatic carbocycles. The van der Waals surface area contributed by atoms with E-state index in [0.717, 1.165) is 12.8 Å². The van der Waals surface area contributed by atoms with Crippen LogP contribution in [-0.4, -0.2) is 30.5 Å². The van der Waals surface area contributed by atoms with Crippen molar-refractivity contribution in [2.24, 2.45) is 11.8 Å². The van der Waals surface area contributed by atoms with E-state index in [9.17, 15) is 10.1 Å². The van der Waals surface area contributed by atoms with Gasteiger partial charge in [0.1, 0.15) is 0 Å². The Bertz CT molecular complexity index is 250. The zero-order valence-corrected chi connectivity index (χ0v) is 8.98. The third kappa shape index (κ3) is 2.46. The van der Waals surface area contributed by atoms with E-state index in [4.69, 9.17) is 9.47 Å². The fraction of sp³-hybridized carbons (Fsp3) is 1.00. The van der Waals surface area contributed by atoms with Gasteiger partial charge in [-0.1, -0.05) is 6.92 Å². The van der Waals surface area contributed by atoms with E-state index in [2.05, 4.69) is 6.92 Å². The molecule has 5 heteroatoms. The van der Waals surface area contributed by atoms with Crippen LogP contribution >= 0.6 is 0 Å². The molecular weight excluding hydrogens is 198 g/mol. The minimum atomic E-state index is -0.502. The molecule has 0 unspecified atom stereocenters. The average molecular weight is 215 g/mol. The second kappa shape index (κ2) is 4.06. The summed E-state index contributed by atoms with van der Waals surface area (Å²) in [6, 6.07) is 0. The van der Waals surface area contributed by atoms with Gasteiger partial charge in [-0.2, -0.15) is 0 Å². The Balaban J connectivity index is 2.00. The summed E-state index contributed by atoms with van der Waals surface area (Å²) < 4.78 is 11.2. The highest BCUT2D eigenvalue weighted by molar-refractivity contribution is 4.86. The van der Waals surface area contributed by atoms with E-state index in [1.165, 1.54) is 0 Å². The van der Waals surface area contributed by atoms with E-state index in [-0.39, 0.29) is 17.4 Å². The van der Waals surface area contributed by atoms with Gasteiger partial charge in [0.15, 0.2) is 5.79 Å². The molecule has 1 spiro atoms. The number of hydrogen-bond acceptors (Lipinski definition) is 4. The van der Waals surface area contributed by atoms with Gasteiger partial charge in [0, 0.05) is 23.7 Å². The molecule has 0 aromatic rings. The Morgan fingerprint density at radius 1 is 1.40 bits per heavy atom. The van der Waals surface area contributed by atoms with E-state index in [1.807, 2.05) is 0 Å².